The summed E-state index contributed by atoms with van der Waals surface area (Å²) in [5.74, 6) is -1.44. The summed E-state index contributed by atoms with van der Waals surface area (Å²) in [6.45, 7) is 8.13. The molecule has 2 N–H and O–H groups in total. The molecule has 5 aliphatic rings. The summed E-state index contributed by atoms with van der Waals surface area (Å²) in [5, 5.41) is 6.47. The number of hydrogen-bond acceptors (Lipinski definition) is 4. The van der Waals surface area contributed by atoms with Crippen molar-refractivity contribution in [3.63, 3.8) is 0 Å². The highest BCUT2D eigenvalue weighted by molar-refractivity contribution is 6.00. The van der Waals surface area contributed by atoms with Gasteiger partial charge in [-0.1, -0.05) is 57.3 Å². The summed E-state index contributed by atoms with van der Waals surface area (Å²) < 4.78 is 6.56. The Morgan fingerprint density at radius 2 is 1.79 bits per heavy atom. The molecule has 0 unspecified atom stereocenters. The fraction of sp³-hybridized carbons (Fsp3) is 0.741. The Bertz CT molecular complexity index is 896. The quantitative estimate of drug-likeness (QED) is 0.586. The molecule has 7 nitrogen and oxygen atoms in total. The number of fused-ring (bicyclic) bond motifs is 1. The highest BCUT2D eigenvalue weighted by Crippen LogP contribution is 2.59. The van der Waals surface area contributed by atoms with Crippen LogP contribution in [-0.2, 0) is 19.1 Å². The van der Waals surface area contributed by atoms with E-state index in [-0.39, 0.29) is 36.3 Å². The van der Waals surface area contributed by atoms with E-state index in [4.69, 9.17) is 4.74 Å². The van der Waals surface area contributed by atoms with Crippen LogP contribution in [0.2, 0.25) is 0 Å². The summed E-state index contributed by atoms with van der Waals surface area (Å²) in [5.41, 5.74) is -2.01. The standard InChI is InChI=1S/C27H39N3O4/c1-4-16-30-22(24(32)28-18-11-6-5-7-12-18)27-15-14-26(3,34-27)20(21(27)25(30)33)23(31)29-19-13-9-8-10-17(19)2/h4,14-15,17-22H,1,5-13,16H2,2-3H3,(H,28,32)(H,29,31)/t17-,19-,20-,21+,22+,26-,27+/m0/s1. The number of nitrogens with one attached hydrogen (secondary N) is 2. The summed E-state index contributed by atoms with van der Waals surface area (Å²) in [6, 6.07) is -0.549. The molecule has 7 atom stereocenters. The van der Waals surface area contributed by atoms with Crippen molar-refractivity contribution in [3.05, 3.63) is 24.8 Å². The van der Waals surface area contributed by atoms with Crippen LogP contribution in [0.25, 0.3) is 0 Å². The van der Waals surface area contributed by atoms with E-state index in [1.807, 2.05) is 19.1 Å². The second kappa shape index (κ2) is 8.81. The van der Waals surface area contributed by atoms with Crippen LogP contribution in [0.3, 0.4) is 0 Å². The van der Waals surface area contributed by atoms with Gasteiger partial charge in [0.05, 0.1) is 17.4 Å². The smallest absolute Gasteiger partial charge is 0.246 e. The molecule has 3 amide bonds. The van der Waals surface area contributed by atoms with E-state index >= 15 is 0 Å². The molecule has 7 heteroatoms. The lowest BCUT2D eigenvalue weighted by Crippen LogP contribution is -2.56. The van der Waals surface area contributed by atoms with Gasteiger partial charge < -0.3 is 20.3 Å². The molecular weight excluding hydrogens is 430 g/mol. The molecule has 2 saturated carbocycles. The normalized spacial score (nSPS) is 41.4. The largest absolute Gasteiger partial charge is 0.356 e. The Morgan fingerprint density at radius 3 is 2.50 bits per heavy atom. The summed E-state index contributed by atoms with van der Waals surface area (Å²) in [7, 11) is 0. The van der Waals surface area contributed by atoms with E-state index < -0.39 is 29.1 Å². The fourth-order valence-electron chi connectivity index (χ4n) is 7.30. The molecule has 2 saturated heterocycles. The molecule has 3 aliphatic heterocycles. The highest BCUT2D eigenvalue weighted by Gasteiger charge is 2.76. The van der Waals surface area contributed by atoms with Gasteiger partial charge in [0.15, 0.2) is 0 Å². The number of carbonyl (C=O) groups excluding carboxylic acids is 3. The number of nitrogens with zero attached hydrogens (tertiary/aromatic N) is 1. The van der Waals surface area contributed by atoms with Crippen molar-refractivity contribution in [3.8, 4) is 0 Å². The zero-order chi connectivity index (χ0) is 24.1. The van der Waals surface area contributed by atoms with Crippen LogP contribution in [0, 0.1) is 17.8 Å². The third kappa shape index (κ3) is 3.62. The number of ether oxygens (including phenoxy) is 1. The van der Waals surface area contributed by atoms with Crippen LogP contribution in [0.1, 0.15) is 71.6 Å². The lowest BCUT2D eigenvalue weighted by atomic mass is 9.70. The Hall–Kier alpha value is -2.15. The van der Waals surface area contributed by atoms with Crippen molar-refractivity contribution in [1.82, 2.24) is 15.5 Å². The van der Waals surface area contributed by atoms with Crippen LogP contribution in [0.5, 0.6) is 0 Å². The lowest BCUT2D eigenvalue weighted by Gasteiger charge is -2.34. The molecule has 3 heterocycles. The maximum absolute atomic E-state index is 13.8. The van der Waals surface area contributed by atoms with Gasteiger partial charge in [-0.05, 0) is 38.5 Å². The average molecular weight is 470 g/mol. The van der Waals surface area contributed by atoms with Gasteiger partial charge in [-0.25, -0.2) is 0 Å². The van der Waals surface area contributed by atoms with Gasteiger partial charge in [-0.15, -0.1) is 6.58 Å². The van der Waals surface area contributed by atoms with Gasteiger partial charge in [0.2, 0.25) is 17.7 Å². The Balaban J connectivity index is 1.43. The van der Waals surface area contributed by atoms with E-state index in [0.29, 0.717) is 5.92 Å². The van der Waals surface area contributed by atoms with E-state index in [1.54, 1.807) is 11.0 Å². The predicted molar refractivity (Wildman–Crippen MR) is 129 cm³/mol. The average Bonchev–Trinajstić information content (AvgIpc) is 3.37. The fourth-order valence-corrected chi connectivity index (χ4v) is 7.30. The summed E-state index contributed by atoms with van der Waals surface area (Å²) in [4.78, 5) is 42.7. The van der Waals surface area contributed by atoms with Gasteiger partial charge in [0.1, 0.15) is 11.6 Å². The van der Waals surface area contributed by atoms with Crippen molar-refractivity contribution < 1.29 is 19.1 Å². The molecule has 0 aromatic heterocycles. The van der Waals surface area contributed by atoms with Gasteiger partial charge in [-0.2, -0.15) is 0 Å². The van der Waals surface area contributed by atoms with Crippen LogP contribution >= 0.6 is 0 Å². The zero-order valence-electron chi connectivity index (χ0n) is 20.6. The van der Waals surface area contributed by atoms with Crippen LogP contribution < -0.4 is 10.6 Å². The molecule has 1 spiro atoms. The number of hydrogen-bond donors (Lipinski definition) is 2. The zero-order valence-corrected chi connectivity index (χ0v) is 20.6. The topological polar surface area (TPSA) is 87.7 Å². The van der Waals surface area contributed by atoms with Gasteiger partial charge in [-0.3, -0.25) is 14.4 Å². The van der Waals surface area contributed by atoms with Crippen LogP contribution in [0.15, 0.2) is 24.8 Å². The van der Waals surface area contributed by atoms with E-state index in [9.17, 15) is 14.4 Å². The molecule has 5 rings (SSSR count). The Morgan fingerprint density at radius 1 is 1.09 bits per heavy atom. The van der Waals surface area contributed by atoms with Crippen molar-refractivity contribution in [2.75, 3.05) is 6.54 Å². The van der Waals surface area contributed by atoms with E-state index in [1.165, 1.54) is 12.8 Å². The molecule has 0 aromatic carbocycles. The van der Waals surface area contributed by atoms with E-state index in [2.05, 4.69) is 24.1 Å². The number of rotatable bonds is 6. The van der Waals surface area contributed by atoms with Gasteiger partial charge in [0.25, 0.3) is 0 Å². The van der Waals surface area contributed by atoms with Crippen LogP contribution in [-0.4, -0.2) is 58.5 Å². The van der Waals surface area contributed by atoms with Crippen molar-refractivity contribution >= 4 is 17.7 Å². The first-order valence-corrected chi connectivity index (χ1v) is 13.2. The molecule has 2 bridgehead atoms. The molecule has 2 aliphatic carbocycles. The number of carbonyl (C=O) groups is 3. The molecule has 4 fully saturated rings. The molecule has 0 aromatic rings. The second-order valence-corrected chi connectivity index (χ2v) is 11.3. The third-order valence-electron chi connectivity index (χ3n) is 9.04. The number of amides is 3. The SMILES string of the molecule is C=CCN1C(=O)[C@H]2[C@@H](C(=O)N[C@H]3CCCC[C@@H]3C)[C@]3(C)C=C[C@]2(O3)[C@H]1C(=O)NC1CCCCC1. The highest BCUT2D eigenvalue weighted by atomic mass is 16.5. The number of likely N-dealkylation sites (tertiary alicyclic amines) is 1. The minimum Gasteiger partial charge on any atom is -0.356 e. The molecule has 186 valence electrons. The first kappa shape index (κ1) is 23.6. The monoisotopic (exact) mass is 469 g/mol. The van der Waals surface area contributed by atoms with Crippen molar-refractivity contribution in [2.45, 2.75) is 101 Å². The van der Waals surface area contributed by atoms with Gasteiger partial charge in [0, 0.05) is 18.6 Å². The first-order chi connectivity index (χ1) is 16.3. The van der Waals surface area contributed by atoms with Crippen molar-refractivity contribution in [2.24, 2.45) is 17.8 Å². The third-order valence-corrected chi connectivity index (χ3v) is 9.04. The predicted octanol–water partition coefficient (Wildman–Crippen LogP) is 2.86. The summed E-state index contributed by atoms with van der Waals surface area (Å²) in [6.07, 6.45) is 15.1. The first-order valence-electron chi connectivity index (χ1n) is 13.2. The maximum Gasteiger partial charge on any atom is 0.246 e. The second-order valence-electron chi connectivity index (χ2n) is 11.3. The summed E-state index contributed by atoms with van der Waals surface area (Å²) >= 11 is 0. The van der Waals surface area contributed by atoms with Crippen LogP contribution in [0.4, 0.5) is 0 Å². The lowest BCUT2D eigenvalue weighted by molar-refractivity contribution is -0.145. The maximum atomic E-state index is 13.8. The minimum atomic E-state index is -1.12. The molecular formula is C27H39N3O4. The molecule has 0 radical (unpaired) electrons. The Kier molecular flexibility index (Phi) is 6.11. The van der Waals surface area contributed by atoms with Gasteiger partial charge >= 0.3 is 0 Å². The van der Waals surface area contributed by atoms with Crippen molar-refractivity contribution in [1.29, 1.82) is 0 Å². The molecule has 34 heavy (non-hydrogen) atoms. The Labute approximate surface area is 202 Å². The van der Waals surface area contributed by atoms with E-state index in [0.717, 1.165) is 44.9 Å². The minimum absolute atomic E-state index is 0.120.